The number of benzene rings is 1. The van der Waals surface area contributed by atoms with Gasteiger partial charge in [0.15, 0.2) is 5.82 Å². The largest absolute Gasteiger partial charge is 0.380 e. The molecule has 1 N–H and O–H groups in total. The van der Waals surface area contributed by atoms with Crippen LogP contribution >= 0.6 is 0 Å². The minimum atomic E-state index is 0.753. The topological polar surface area (TPSA) is 55.6 Å². The quantitative estimate of drug-likeness (QED) is 0.787. The SMILES string of the molecule is Cc1ccc(CNc2ccc(-n3cncn3)nc2)cc1. The highest BCUT2D eigenvalue weighted by Gasteiger charge is 1.99. The maximum atomic E-state index is 4.35. The number of hydrogen-bond acceptors (Lipinski definition) is 4. The van der Waals surface area contributed by atoms with E-state index in [1.807, 2.05) is 12.1 Å². The Morgan fingerprint density at radius 3 is 2.60 bits per heavy atom. The molecule has 5 nitrogen and oxygen atoms in total. The lowest BCUT2D eigenvalue weighted by Crippen LogP contribution is -2.02. The van der Waals surface area contributed by atoms with E-state index < -0.39 is 0 Å². The van der Waals surface area contributed by atoms with Crippen LogP contribution in [0.5, 0.6) is 0 Å². The molecule has 3 aromatic rings. The van der Waals surface area contributed by atoms with Crippen LogP contribution < -0.4 is 5.32 Å². The second kappa shape index (κ2) is 5.52. The Balaban J connectivity index is 1.65. The molecule has 0 fully saturated rings. The number of rotatable bonds is 4. The van der Waals surface area contributed by atoms with Crippen molar-refractivity contribution in [1.82, 2.24) is 19.7 Å². The van der Waals surface area contributed by atoms with Crippen molar-refractivity contribution in [3.63, 3.8) is 0 Å². The van der Waals surface area contributed by atoms with Gasteiger partial charge in [-0.05, 0) is 24.6 Å². The Bertz CT molecular complexity index is 656. The average Bonchev–Trinajstić information content (AvgIpc) is 3.01. The van der Waals surface area contributed by atoms with Gasteiger partial charge in [0.1, 0.15) is 12.7 Å². The molecule has 1 aromatic carbocycles. The summed E-state index contributed by atoms with van der Waals surface area (Å²) in [7, 11) is 0. The molecule has 0 amide bonds. The lowest BCUT2D eigenvalue weighted by atomic mass is 10.1. The fourth-order valence-corrected chi connectivity index (χ4v) is 1.86. The van der Waals surface area contributed by atoms with E-state index in [-0.39, 0.29) is 0 Å². The second-order valence-corrected chi connectivity index (χ2v) is 4.58. The molecule has 0 saturated heterocycles. The lowest BCUT2D eigenvalue weighted by Gasteiger charge is -2.07. The molecule has 0 bridgehead atoms. The van der Waals surface area contributed by atoms with Gasteiger partial charge in [-0.3, -0.25) is 0 Å². The highest BCUT2D eigenvalue weighted by molar-refractivity contribution is 5.44. The summed E-state index contributed by atoms with van der Waals surface area (Å²) in [5.74, 6) is 0.753. The summed E-state index contributed by atoms with van der Waals surface area (Å²) in [4.78, 5) is 8.25. The second-order valence-electron chi connectivity index (χ2n) is 4.58. The zero-order valence-electron chi connectivity index (χ0n) is 11.2. The van der Waals surface area contributed by atoms with Gasteiger partial charge in [-0.25, -0.2) is 14.6 Å². The van der Waals surface area contributed by atoms with Crippen molar-refractivity contribution >= 4 is 5.69 Å². The fraction of sp³-hybridized carbons (Fsp3) is 0.133. The number of hydrogen-bond donors (Lipinski definition) is 1. The Morgan fingerprint density at radius 2 is 1.95 bits per heavy atom. The minimum absolute atomic E-state index is 0.753. The molecule has 0 atom stereocenters. The molecule has 0 spiro atoms. The molecule has 2 heterocycles. The number of nitrogens with zero attached hydrogens (tertiary/aromatic N) is 4. The number of pyridine rings is 1. The molecule has 20 heavy (non-hydrogen) atoms. The van der Waals surface area contributed by atoms with Crippen molar-refractivity contribution in [2.24, 2.45) is 0 Å². The van der Waals surface area contributed by atoms with Crippen molar-refractivity contribution < 1.29 is 0 Å². The Labute approximate surface area is 117 Å². The van der Waals surface area contributed by atoms with Gasteiger partial charge in [0, 0.05) is 6.54 Å². The third-order valence-corrected chi connectivity index (χ3v) is 3.02. The smallest absolute Gasteiger partial charge is 0.155 e. The van der Waals surface area contributed by atoms with E-state index in [1.54, 1.807) is 17.2 Å². The van der Waals surface area contributed by atoms with Crippen LogP contribution in [0.1, 0.15) is 11.1 Å². The molecule has 0 aliphatic carbocycles. The summed E-state index contributed by atoms with van der Waals surface area (Å²) in [5, 5.41) is 7.39. The predicted octanol–water partition coefficient (Wildman–Crippen LogP) is 2.58. The van der Waals surface area contributed by atoms with Crippen LogP contribution in [0.2, 0.25) is 0 Å². The molecule has 5 heteroatoms. The van der Waals surface area contributed by atoms with Gasteiger partial charge in [-0.15, -0.1) is 0 Å². The molecule has 3 rings (SSSR count). The van der Waals surface area contributed by atoms with Gasteiger partial charge in [0.05, 0.1) is 11.9 Å². The molecule has 0 radical (unpaired) electrons. The van der Waals surface area contributed by atoms with E-state index in [9.17, 15) is 0 Å². The monoisotopic (exact) mass is 265 g/mol. The van der Waals surface area contributed by atoms with Crippen LogP contribution in [0, 0.1) is 6.92 Å². The molecule has 0 unspecified atom stereocenters. The predicted molar refractivity (Wildman–Crippen MR) is 77.7 cm³/mol. The highest BCUT2D eigenvalue weighted by atomic mass is 15.3. The first-order chi connectivity index (χ1) is 9.81. The summed E-state index contributed by atoms with van der Waals surface area (Å²) in [6.45, 7) is 2.87. The van der Waals surface area contributed by atoms with E-state index >= 15 is 0 Å². The maximum Gasteiger partial charge on any atom is 0.155 e. The van der Waals surface area contributed by atoms with Gasteiger partial charge < -0.3 is 5.32 Å². The normalized spacial score (nSPS) is 10.4. The third-order valence-electron chi connectivity index (χ3n) is 3.02. The van der Waals surface area contributed by atoms with E-state index in [2.05, 4.69) is 51.6 Å². The molecular formula is C15H15N5. The number of nitrogens with one attached hydrogen (secondary N) is 1. The third kappa shape index (κ3) is 2.83. The van der Waals surface area contributed by atoms with Gasteiger partial charge in [-0.1, -0.05) is 29.8 Å². The molecule has 0 aliphatic heterocycles. The van der Waals surface area contributed by atoms with Gasteiger partial charge in [0.2, 0.25) is 0 Å². The van der Waals surface area contributed by atoms with E-state index in [0.29, 0.717) is 0 Å². The summed E-state index contributed by atoms with van der Waals surface area (Å²) >= 11 is 0. The highest BCUT2D eigenvalue weighted by Crippen LogP contribution is 2.11. The number of aryl methyl sites for hydroxylation is 1. The molecule has 2 aromatic heterocycles. The van der Waals surface area contributed by atoms with Gasteiger partial charge in [-0.2, -0.15) is 5.10 Å². The Morgan fingerprint density at radius 1 is 1.10 bits per heavy atom. The van der Waals surface area contributed by atoms with Crippen LogP contribution in [0.4, 0.5) is 5.69 Å². The van der Waals surface area contributed by atoms with Crippen molar-refractivity contribution in [2.75, 3.05) is 5.32 Å². The van der Waals surface area contributed by atoms with Crippen molar-refractivity contribution in [1.29, 1.82) is 0 Å². The zero-order valence-corrected chi connectivity index (χ0v) is 11.2. The summed E-state index contributed by atoms with van der Waals surface area (Å²) in [6.07, 6.45) is 4.91. The Kier molecular flexibility index (Phi) is 3.41. The van der Waals surface area contributed by atoms with Gasteiger partial charge in [0.25, 0.3) is 0 Å². The van der Waals surface area contributed by atoms with Crippen molar-refractivity contribution in [3.8, 4) is 5.82 Å². The molecule has 100 valence electrons. The van der Waals surface area contributed by atoms with E-state index in [0.717, 1.165) is 18.1 Å². The summed E-state index contributed by atoms with van der Waals surface area (Å²) in [5.41, 5.74) is 3.50. The van der Waals surface area contributed by atoms with Crippen LogP contribution in [0.15, 0.2) is 55.2 Å². The molecular weight excluding hydrogens is 250 g/mol. The van der Waals surface area contributed by atoms with Crippen LogP contribution in [-0.4, -0.2) is 19.7 Å². The first-order valence-electron chi connectivity index (χ1n) is 6.42. The summed E-state index contributed by atoms with van der Waals surface area (Å²) < 4.78 is 1.63. The first-order valence-corrected chi connectivity index (χ1v) is 6.42. The van der Waals surface area contributed by atoms with Gasteiger partial charge >= 0.3 is 0 Å². The lowest BCUT2D eigenvalue weighted by molar-refractivity contribution is 0.845. The van der Waals surface area contributed by atoms with Crippen LogP contribution in [0.3, 0.4) is 0 Å². The molecule has 0 saturated carbocycles. The van der Waals surface area contributed by atoms with Crippen molar-refractivity contribution in [2.45, 2.75) is 13.5 Å². The Hall–Kier alpha value is -2.69. The maximum absolute atomic E-state index is 4.35. The standard InChI is InChI=1S/C15H15N5/c1-12-2-4-13(5-3-12)8-17-14-6-7-15(18-9-14)20-11-16-10-19-20/h2-7,9-11,17H,8H2,1H3. The summed E-state index contributed by atoms with van der Waals surface area (Å²) in [6, 6.07) is 12.4. The number of anilines is 1. The molecule has 0 aliphatic rings. The average molecular weight is 265 g/mol. The minimum Gasteiger partial charge on any atom is -0.380 e. The number of aromatic nitrogens is 4. The van der Waals surface area contributed by atoms with E-state index in [4.69, 9.17) is 0 Å². The zero-order chi connectivity index (χ0) is 13.8. The van der Waals surface area contributed by atoms with Crippen molar-refractivity contribution in [3.05, 3.63) is 66.4 Å². The van der Waals surface area contributed by atoms with Crippen LogP contribution in [0.25, 0.3) is 5.82 Å². The fourth-order valence-electron chi connectivity index (χ4n) is 1.86. The first kappa shape index (κ1) is 12.3. The van der Waals surface area contributed by atoms with Crippen LogP contribution in [-0.2, 0) is 6.54 Å². The van der Waals surface area contributed by atoms with E-state index in [1.165, 1.54) is 17.5 Å².